The number of amides is 1. The van der Waals surface area contributed by atoms with E-state index in [1.54, 1.807) is 6.07 Å². The molecule has 2 aromatic rings. The maximum absolute atomic E-state index is 12.8. The zero-order chi connectivity index (χ0) is 19.4. The predicted molar refractivity (Wildman–Crippen MR) is 110 cm³/mol. The van der Waals surface area contributed by atoms with Crippen LogP contribution >= 0.6 is 23.4 Å². The second kappa shape index (κ2) is 8.65. The van der Waals surface area contributed by atoms with E-state index in [4.69, 9.17) is 11.6 Å². The molecule has 1 aliphatic heterocycles. The Morgan fingerprint density at radius 1 is 1.19 bits per heavy atom. The smallest absolute Gasteiger partial charge is 0.244 e. The third-order valence-corrected chi connectivity index (χ3v) is 7.91. The monoisotopic (exact) mass is 424 g/mol. The fourth-order valence-corrected chi connectivity index (χ4v) is 5.75. The minimum Gasteiger partial charge on any atom is -0.325 e. The molecule has 1 N–H and O–H groups in total. The summed E-state index contributed by atoms with van der Waals surface area (Å²) in [6.45, 7) is 3.00. The maximum atomic E-state index is 12.8. The summed E-state index contributed by atoms with van der Waals surface area (Å²) in [5.74, 6) is 0.0388. The number of carbonyl (C=O) groups excluding carboxylic acids is 1. The minimum atomic E-state index is -3.64. The molecule has 1 amide bonds. The average molecular weight is 425 g/mol. The molecule has 0 bridgehead atoms. The van der Waals surface area contributed by atoms with Crippen molar-refractivity contribution < 1.29 is 13.2 Å². The van der Waals surface area contributed by atoms with Crippen LogP contribution in [0.4, 0.5) is 5.69 Å². The summed E-state index contributed by atoms with van der Waals surface area (Å²) in [5, 5.41) is 2.92. The first-order valence-corrected chi connectivity index (χ1v) is 11.5. The number of halogens is 1. The van der Waals surface area contributed by atoms with Gasteiger partial charge >= 0.3 is 0 Å². The number of rotatable bonds is 6. The maximum Gasteiger partial charge on any atom is 0.244 e. The van der Waals surface area contributed by atoms with Gasteiger partial charge in [0.05, 0.1) is 10.8 Å². The van der Waals surface area contributed by atoms with Gasteiger partial charge in [0.1, 0.15) is 4.90 Å². The first-order chi connectivity index (χ1) is 12.9. The van der Waals surface area contributed by atoms with E-state index in [1.807, 2.05) is 31.2 Å². The van der Waals surface area contributed by atoms with Gasteiger partial charge in [0.2, 0.25) is 15.9 Å². The molecule has 144 valence electrons. The zero-order valence-electron chi connectivity index (χ0n) is 14.9. The topological polar surface area (TPSA) is 66.5 Å². The molecule has 0 radical (unpaired) electrons. The molecule has 1 heterocycles. The molecule has 0 aliphatic carbocycles. The zero-order valence-corrected chi connectivity index (χ0v) is 17.3. The molecule has 0 atom stereocenters. The molecule has 8 heteroatoms. The normalized spacial score (nSPS) is 15.0. The molecule has 2 aromatic carbocycles. The van der Waals surface area contributed by atoms with E-state index in [1.165, 1.54) is 28.2 Å². The quantitative estimate of drug-likeness (QED) is 0.707. The Bertz CT molecular complexity index is 942. The second-order valence-electron chi connectivity index (χ2n) is 6.36. The van der Waals surface area contributed by atoms with Gasteiger partial charge in [-0.3, -0.25) is 4.79 Å². The first-order valence-electron chi connectivity index (χ1n) is 8.66. The molecular weight excluding hydrogens is 404 g/mol. The molecular formula is C19H21ClN2O3S2. The van der Waals surface area contributed by atoms with Crippen LogP contribution in [0.5, 0.6) is 0 Å². The predicted octanol–water partition coefficient (Wildman–Crippen LogP) is 4.16. The number of aryl methyl sites for hydroxylation is 1. The van der Waals surface area contributed by atoms with Gasteiger partial charge in [0, 0.05) is 23.7 Å². The van der Waals surface area contributed by atoms with Gasteiger partial charge < -0.3 is 5.32 Å². The van der Waals surface area contributed by atoms with Crippen LogP contribution in [-0.2, 0) is 14.8 Å². The number of anilines is 1. The highest BCUT2D eigenvalue weighted by molar-refractivity contribution is 8.00. The minimum absolute atomic E-state index is 0.0374. The summed E-state index contributed by atoms with van der Waals surface area (Å²) in [6.07, 6.45) is 1.70. The van der Waals surface area contributed by atoms with Gasteiger partial charge in [0.15, 0.2) is 0 Å². The van der Waals surface area contributed by atoms with E-state index in [0.717, 1.165) is 23.3 Å². The van der Waals surface area contributed by atoms with Crippen molar-refractivity contribution in [2.24, 2.45) is 0 Å². The molecule has 0 unspecified atom stereocenters. The first kappa shape index (κ1) is 20.2. The fourth-order valence-electron chi connectivity index (χ4n) is 2.91. The summed E-state index contributed by atoms with van der Waals surface area (Å²) in [7, 11) is -3.64. The van der Waals surface area contributed by atoms with Crippen LogP contribution in [0.15, 0.2) is 52.3 Å². The second-order valence-corrected chi connectivity index (χ2v) is 9.69. The van der Waals surface area contributed by atoms with Gasteiger partial charge in [-0.05, 0) is 49.6 Å². The molecule has 1 aliphatic rings. The van der Waals surface area contributed by atoms with Crippen LogP contribution in [0, 0.1) is 6.92 Å². The summed E-state index contributed by atoms with van der Waals surface area (Å²) in [5.41, 5.74) is 1.54. The van der Waals surface area contributed by atoms with Crippen LogP contribution < -0.4 is 5.32 Å². The lowest BCUT2D eigenvalue weighted by Gasteiger charge is -2.17. The van der Waals surface area contributed by atoms with Crippen molar-refractivity contribution in [3.05, 3.63) is 53.1 Å². The fraction of sp³-hybridized carbons (Fsp3) is 0.316. The molecule has 27 heavy (non-hydrogen) atoms. The summed E-state index contributed by atoms with van der Waals surface area (Å²) in [4.78, 5) is 13.4. The third kappa shape index (κ3) is 4.85. The van der Waals surface area contributed by atoms with Crippen molar-refractivity contribution in [3.8, 4) is 0 Å². The number of sulfonamides is 1. The average Bonchev–Trinajstić information content (AvgIpc) is 3.18. The van der Waals surface area contributed by atoms with Crippen LogP contribution in [0.3, 0.4) is 0 Å². The molecule has 0 saturated carbocycles. The third-order valence-electron chi connectivity index (χ3n) is 4.35. The largest absolute Gasteiger partial charge is 0.325 e. The Kier molecular flexibility index (Phi) is 6.47. The molecule has 5 nitrogen and oxygen atoms in total. The van der Waals surface area contributed by atoms with E-state index in [-0.39, 0.29) is 21.6 Å². The number of hydrogen-bond donors (Lipinski definition) is 1. The lowest BCUT2D eigenvalue weighted by Crippen LogP contribution is -2.28. The van der Waals surface area contributed by atoms with Crippen molar-refractivity contribution in [1.29, 1.82) is 0 Å². The van der Waals surface area contributed by atoms with Gasteiger partial charge in [-0.1, -0.05) is 29.8 Å². The lowest BCUT2D eigenvalue weighted by atomic mass is 10.2. The lowest BCUT2D eigenvalue weighted by molar-refractivity contribution is -0.113. The van der Waals surface area contributed by atoms with E-state index in [9.17, 15) is 13.2 Å². The number of nitrogens with one attached hydrogen (secondary N) is 1. The van der Waals surface area contributed by atoms with E-state index in [2.05, 4.69) is 5.32 Å². The van der Waals surface area contributed by atoms with E-state index in [0.29, 0.717) is 18.8 Å². The summed E-state index contributed by atoms with van der Waals surface area (Å²) >= 11 is 7.57. The molecule has 1 saturated heterocycles. The Labute approximate surface area is 169 Å². The summed E-state index contributed by atoms with van der Waals surface area (Å²) in [6, 6.07) is 12.4. The molecule has 0 spiro atoms. The Hall–Kier alpha value is -1.54. The van der Waals surface area contributed by atoms with Crippen molar-refractivity contribution >= 4 is 45.0 Å². The molecule has 1 fully saturated rings. The Balaban J connectivity index is 1.70. The summed E-state index contributed by atoms with van der Waals surface area (Å²) < 4.78 is 27.0. The highest BCUT2D eigenvalue weighted by atomic mass is 35.5. The Morgan fingerprint density at radius 2 is 1.89 bits per heavy atom. The van der Waals surface area contributed by atoms with Gasteiger partial charge in [0.25, 0.3) is 0 Å². The Morgan fingerprint density at radius 3 is 2.59 bits per heavy atom. The van der Waals surface area contributed by atoms with Gasteiger partial charge in [-0.25, -0.2) is 8.42 Å². The SMILES string of the molecule is Cc1ccccc1SCC(=O)Nc1ccc(Cl)c(S(=O)(=O)N2CCCC2)c1. The number of carbonyl (C=O) groups is 1. The van der Waals surface area contributed by atoms with Gasteiger partial charge in [-0.15, -0.1) is 11.8 Å². The van der Waals surface area contributed by atoms with Crippen molar-refractivity contribution in [1.82, 2.24) is 4.31 Å². The van der Waals surface area contributed by atoms with Crippen molar-refractivity contribution in [2.75, 3.05) is 24.2 Å². The highest BCUT2D eigenvalue weighted by Gasteiger charge is 2.29. The van der Waals surface area contributed by atoms with Crippen LogP contribution in [-0.4, -0.2) is 37.5 Å². The van der Waals surface area contributed by atoms with Crippen LogP contribution in [0.25, 0.3) is 0 Å². The van der Waals surface area contributed by atoms with Crippen LogP contribution in [0.2, 0.25) is 5.02 Å². The van der Waals surface area contributed by atoms with Crippen LogP contribution in [0.1, 0.15) is 18.4 Å². The van der Waals surface area contributed by atoms with Gasteiger partial charge in [-0.2, -0.15) is 4.31 Å². The van der Waals surface area contributed by atoms with Crippen molar-refractivity contribution in [3.63, 3.8) is 0 Å². The number of nitrogens with zero attached hydrogens (tertiary/aromatic N) is 1. The number of hydrogen-bond acceptors (Lipinski definition) is 4. The number of benzene rings is 2. The standard InChI is InChI=1S/C19H21ClN2O3S2/c1-14-6-2-3-7-17(14)26-13-19(23)21-15-8-9-16(20)18(12-15)27(24,25)22-10-4-5-11-22/h2-3,6-9,12H,4-5,10-11,13H2,1H3,(H,21,23). The van der Waals surface area contributed by atoms with Crippen molar-refractivity contribution in [2.45, 2.75) is 29.6 Å². The molecule has 0 aromatic heterocycles. The van der Waals surface area contributed by atoms with E-state index >= 15 is 0 Å². The highest BCUT2D eigenvalue weighted by Crippen LogP contribution is 2.30. The van der Waals surface area contributed by atoms with E-state index < -0.39 is 10.0 Å². The number of thioether (sulfide) groups is 1. The molecule has 3 rings (SSSR count).